The van der Waals surface area contributed by atoms with Gasteiger partial charge in [0.25, 0.3) is 0 Å². The van der Waals surface area contributed by atoms with E-state index in [9.17, 15) is 4.79 Å². The van der Waals surface area contributed by atoms with Gasteiger partial charge >= 0.3 is 0 Å². The molecule has 5 heteroatoms. The van der Waals surface area contributed by atoms with E-state index in [4.69, 9.17) is 0 Å². The van der Waals surface area contributed by atoms with E-state index in [-0.39, 0.29) is 5.91 Å². The number of hydrogen-bond donors (Lipinski definition) is 1. The molecule has 2 heterocycles. The van der Waals surface area contributed by atoms with Gasteiger partial charge in [-0.15, -0.1) is 0 Å². The number of hydrogen-bond acceptors (Lipinski definition) is 3. The van der Waals surface area contributed by atoms with Gasteiger partial charge in [-0.25, -0.2) is 0 Å². The number of aryl methyl sites for hydroxylation is 2. The maximum absolute atomic E-state index is 11.7. The number of nitrogens with zero attached hydrogens (tertiary/aromatic N) is 3. The Morgan fingerprint density at radius 2 is 2.12 bits per heavy atom. The van der Waals surface area contributed by atoms with Crippen LogP contribution in [0.4, 0.5) is 11.5 Å². The zero-order valence-corrected chi connectivity index (χ0v) is 10.9. The van der Waals surface area contributed by atoms with Crippen LogP contribution in [0.1, 0.15) is 32.4 Å². The molecule has 0 bridgehead atoms. The second kappa shape index (κ2) is 4.39. The van der Waals surface area contributed by atoms with E-state index in [1.54, 1.807) is 0 Å². The van der Waals surface area contributed by atoms with Crippen molar-refractivity contribution >= 4 is 17.4 Å². The molecule has 5 nitrogen and oxygen atoms in total. The summed E-state index contributed by atoms with van der Waals surface area (Å²) in [7, 11) is 1.93. The molecule has 1 aromatic heterocycles. The molecule has 17 heavy (non-hydrogen) atoms. The summed E-state index contributed by atoms with van der Waals surface area (Å²) >= 11 is 0. The quantitative estimate of drug-likeness (QED) is 0.807. The Balaban J connectivity index is 2.50. The molecule has 0 fully saturated rings. The van der Waals surface area contributed by atoms with Gasteiger partial charge in [-0.05, 0) is 27.2 Å². The molecule has 0 saturated heterocycles. The molecule has 1 aliphatic rings. The van der Waals surface area contributed by atoms with Gasteiger partial charge in [-0.2, -0.15) is 5.10 Å². The van der Waals surface area contributed by atoms with Crippen LogP contribution in [-0.2, 0) is 11.8 Å². The summed E-state index contributed by atoms with van der Waals surface area (Å²) in [5, 5.41) is 7.38. The topological polar surface area (TPSA) is 50.2 Å². The van der Waals surface area contributed by atoms with Crippen LogP contribution in [0.25, 0.3) is 0 Å². The van der Waals surface area contributed by atoms with E-state index >= 15 is 0 Å². The molecule has 0 atom stereocenters. The predicted octanol–water partition coefficient (Wildman–Crippen LogP) is 1.68. The second-order valence-electron chi connectivity index (χ2n) is 4.85. The van der Waals surface area contributed by atoms with Crippen LogP contribution in [-0.4, -0.2) is 28.3 Å². The van der Waals surface area contributed by atoms with Crippen LogP contribution in [0.3, 0.4) is 0 Å². The molecule has 0 unspecified atom stereocenters. The molecular weight excluding hydrogens is 216 g/mol. The summed E-state index contributed by atoms with van der Waals surface area (Å²) in [6, 6.07) is 0.401. The fraction of sp³-hybridized carbons (Fsp3) is 0.667. The Morgan fingerprint density at radius 3 is 2.76 bits per heavy atom. The lowest BCUT2D eigenvalue weighted by Gasteiger charge is -2.31. The first kappa shape index (κ1) is 12.0. The van der Waals surface area contributed by atoms with Crippen molar-refractivity contribution in [2.24, 2.45) is 7.05 Å². The average Bonchev–Trinajstić information content (AvgIpc) is 2.45. The highest BCUT2D eigenvalue weighted by molar-refractivity contribution is 5.95. The van der Waals surface area contributed by atoms with Gasteiger partial charge in [0.15, 0.2) is 5.82 Å². The van der Waals surface area contributed by atoms with E-state index < -0.39 is 0 Å². The third-order valence-electron chi connectivity index (χ3n) is 3.15. The SMILES string of the molecule is Cc1nn(C)c2c1NC(=O)CCCN2C(C)C. The lowest BCUT2D eigenvalue weighted by Crippen LogP contribution is -2.36. The van der Waals surface area contributed by atoms with Gasteiger partial charge in [0, 0.05) is 26.1 Å². The summed E-state index contributed by atoms with van der Waals surface area (Å²) in [4.78, 5) is 14.0. The monoisotopic (exact) mass is 236 g/mol. The van der Waals surface area contributed by atoms with Gasteiger partial charge in [-0.1, -0.05) is 0 Å². The molecule has 94 valence electrons. The third kappa shape index (κ3) is 2.14. The highest BCUT2D eigenvalue weighted by Crippen LogP contribution is 2.31. The summed E-state index contributed by atoms with van der Waals surface area (Å²) in [6.45, 7) is 7.15. The molecule has 0 aliphatic carbocycles. The van der Waals surface area contributed by atoms with Crippen molar-refractivity contribution in [3.05, 3.63) is 5.69 Å². The van der Waals surface area contributed by atoms with E-state index in [2.05, 4.69) is 29.2 Å². The van der Waals surface area contributed by atoms with Crippen LogP contribution in [0.2, 0.25) is 0 Å². The van der Waals surface area contributed by atoms with Crippen LogP contribution in [0.5, 0.6) is 0 Å². The van der Waals surface area contributed by atoms with Crippen molar-refractivity contribution in [3.8, 4) is 0 Å². The lowest BCUT2D eigenvalue weighted by atomic mass is 10.2. The smallest absolute Gasteiger partial charge is 0.224 e. The van der Waals surface area contributed by atoms with Crippen LogP contribution < -0.4 is 10.2 Å². The molecule has 1 N–H and O–H groups in total. The molecule has 0 radical (unpaired) electrons. The maximum atomic E-state index is 11.7. The van der Waals surface area contributed by atoms with Gasteiger partial charge in [0.2, 0.25) is 5.91 Å². The number of aromatic nitrogens is 2. The number of fused-ring (bicyclic) bond motifs is 1. The number of anilines is 2. The van der Waals surface area contributed by atoms with Crippen LogP contribution in [0, 0.1) is 6.92 Å². The minimum absolute atomic E-state index is 0.0887. The van der Waals surface area contributed by atoms with Crippen molar-refractivity contribution in [3.63, 3.8) is 0 Å². The molecule has 0 saturated carbocycles. The molecular formula is C12H20N4O. The third-order valence-corrected chi connectivity index (χ3v) is 3.15. The van der Waals surface area contributed by atoms with Gasteiger partial charge < -0.3 is 10.2 Å². The highest BCUT2D eigenvalue weighted by atomic mass is 16.1. The zero-order valence-electron chi connectivity index (χ0n) is 10.9. The zero-order chi connectivity index (χ0) is 12.6. The molecule has 1 amide bonds. The first-order valence-corrected chi connectivity index (χ1v) is 6.10. The standard InChI is InChI=1S/C12H20N4O/c1-8(2)16-7-5-6-10(17)13-11-9(3)14-15(4)12(11)16/h8H,5-7H2,1-4H3,(H,13,17). The minimum Gasteiger partial charge on any atom is -0.353 e. The number of amides is 1. The second-order valence-corrected chi connectivity index (χ2v) is 4.85. The Morgan fingerprint density at radius 1 is 1.41 bits per heavy atom. The number of carbonyl (C=O) groups excluding carboxylic acids is 1. The fourth-order valence-electron chi connectivity index (χ4n) is 2.34. The van der Waals surface area contributed by atoms with Crippen molar-refractivity contribution < 1.29 is 4.79 Å². The average molecular weight is 236 g/mol. The van der Waals surface area contributed by atoms with Crippen molar-refractivity contribution in [1.29, 1.82) is 0 Å². The van der Waals surface area contributed by atoms with Crippen molar-refractivity contribution in [2.75, 3.05) is 16.8 Å². The highest BCUT2D eigenvalue weighted by Gasteiger charge is 2.24. The lowest BCUT2D eigenvalue weighted by molar-refractivity contribution is -0.116. The molecule has 0 aromatic carbocycles. The van der Waals surface area contributed by atoms with E-state index in [1.807, 2.05) is 18.7 Å². The molecule has 1 aromatic rings. The first-order valence-electron chi connectivity index (χ1n) is 6.10. The fourth-order valence-corrected chi connectivity index (χ4v) is 2.34. The van der Waals surface area contributed by atoms with Crippen molar-refractivity contribution in [1.82, 2.24) is 9.78 Å². The Labute approximate surface area is 102 Å². The number of rotatable bonds is 1. The first-order chi connectivity index (χ1) is 8.00. The summed E-state index contributed by atoms with van der Waals surface area (Å²) in [5.41, 5.74) is 1.74. The summed E-state index contributed by atoms with van der Waals surface area (Å²) in [6.07, 6.45) is 1.46. The van der Waals surface area contributed by atoms with Gasteiger partial charge in [0.05, 0.1) is 5.69 Å². The summed E-state index contributed by atoms with van der Waals surface area (Å²) in [5.74, 6) is 1.11. The largest absolute Gasteiger partial charge is 0.353 e. The molecule has 0 spiro atoms. The van der Waals surface area contributed by atoms with E-state index in [1.165, 1.54) is 0 Å². The molecule has 1 aliphatic heterocycles. The van der Waals surface area contributed by atoms with Crippen LogP contribution >= 0.6 is 0 Å². The van der Waals surface area contributed by atoms with Gasteiger partial charge in [-0.3, -0.25) is 9.48 Å². The maximum Gasteiger partial charge on any atom is 0.224 e. The Bertz CT molecular complexity index is 436. The predicted molar refractivity (Wildman–Crippen MR) is 68.3 cm³/mol. The Hall–Kier alpha value is -1.52. The Kier molecular flexibility index (Phi) is 3.09. The normalized spacial score (nSPS) is 16.5. The van der Waals surface area contributed by atoms with E-state index in [0.29, 0.717) is 12.5 Å². The van der Waals surface area contributed by atoms with Gasteiger partial charge in [0.1, 0.15) is 5.69 Å². The molecule has 2 rings (SSSR count). The van der Waals surface area contributed by atoms with Crippen LogP contribution in [0.15, 0.2) is 0 Å². The summed E-state index contributed by atoms with van der Waals surface area (Å²) < 4.78 is 1.86. The number of nitrogens with one attached hydrogen (secondary N) is 1. The minimum atomic E-state index is 0.0887. The van der Waals surface area contributed by atoms with E-state index in [0.717, 1.165) is 30.2 Å². The van der Waals surface area contributed by atoms with Crippen molar-refractivity contribution in [2.45, 2.75) is 39.7 Å². The number of carbonyl (C=O) groups is 1.